The highest BCUT2D eigenvalue weighted by Crippen LogP contribution is 2.33. The van der Waals surface area contributed by atoms with Crippen LogP contribution >= 0.6 is 0 Å². The summed E-state index contributed by atoms with van der Waals surface area (Å²) in [5.41, 5.74) is 2.49. The number of phenolic OH excluding ortho intramolecular Hbond substituents is 1. The van der Waals surface area contributed by atoms with Crippen LogP contribution in [0.4, 0.5) is 5.69 Å². The summed E-state index contributed by atoms with van der Waals surface area (Å²) in [5, 5.41) is 14.5. The van der Waals surface area contributed by atoms with Crippen LogP contribution in [-0.2, 0) is 4.79 Å². The van der Waals surface area contributed by atoms with E-state index in [-0.39, 0.29) is 23.5 Å². The average Bonchev–Trinajstić information content (AvgIpc) is 3.25. The molecule has 0 aliphatic carbocycles. The number of amides is 1. The quantitative estimate of drug-likeness (QED) is 0.754. The molecule has 0 radical (unpaired) electrons. The lowest BCUT2D eigenvalue weighted by molar-refractivity contribution is -0.117. The van der Waals surface area contributed by atoms with Gasteiger partial charge < -0.3 is 10.0 Å². The minimum Gasteiger partial charge on any atom is -0.508 e. The molecule has 1 saturated heterocycles. The van der Waals surface area contributed by atoms with Crippen molar-refractivity contribution in [3.05, 3.63) is 59.9 Å². The lowest BCUT2D eigenvalue weighted by atomic mass is 10.1. The number of anilines is 1. The van der Waals surface area contributed by atoms with E-state index in [2.05, 4.69) is 18.8 Å². The highest BCUT2D eigenvalue weighted by Gasteiger charge is 2.35. The van der Waals surface area contributed by atoms with Gasteiger partial charge in [-0.05, 0) is 31.2 Å². The maximum absolute atomic E-state index is 12.7. The molecule has 1 N–H and O–H groups in total. The van der Waals surface area contributed by atoms with Crippen LogP contribution in [0.3, 0.4) is 0 Å². The van der Waals surface area contributed by atoms with E-state index in [9.17, 15) is 9.90 Å². The first-order valence-electron chi connectivity index (χ1n) is 9.41. The van der Waals surface area contributed by atoms with E-state index < -0.39 is 0 Å². The Morgan fingerprint density at radius 1 is 1.18 bits per heavy atom. The summed E-state index contributed by atoms with van der Waals surface area (Å²) in [4.78, 5) is 23.4. The molecule has 1 unspecified atom stereocenters. The summed E-state index contributed by atoms with van der Waals surface area (Å²) in [6.45, 7) is 6.55. The second-order valence-electron chi connectivity index (χ2n) is 7.48. The van der Waals surface area contributed by atoms with Crippen LogP contribution in [0.15, 0.2) is 42.6 Å². The van der Waals surface area contributed by atoms with Gasteiger partial charge >= 0.3 is 0 Å². The van der Waals surface area contributed by atoms with Crippen molar-refractivity contribution in [3.63, 3.8) is 0 Å². The molecule has 1 aromatic carbocycles. The van der Waals surface area contributed by atoms with Crippen LogP contribution in [-0.4, -0.2) is 37.3 Å². The molecule has 1 amide bonds. The SMILES string of the molecule is Cc1cc(-n2nc(C(C)C)nc2C2CC(=O)N(c3cccc(O)c3)C2)ccn1. The number of carbonyl (C=O) groups excluding carboxylic acids is 1. The van der Waals surface area contributed by atoms with Gasteiger partial charge in [0.1, 0.15) is 11.6 Å². The Hall–Kier alpha value is -3.22. The number of nitrogens with zero attached hydrogens (tertiary/aromatic N) is 5. The van der Waals surface area contributed by atoms with Gasteiger partial charge in [0.15, 0.2) is 5.82 Å². The first-order valence-corrected chi connectivity index (χ1v) is 9.41. The van der Waals surface area contributed by atoms with Gasteiger partial charge in [-0.2, -0.15) is 5.10 Å². The Morgan fingerprint density at radius 3 is 2.71 bits per heavy atom. The Kier molecular flexibility index (Phi) is 4.58. The smallest absolute Gasteiger partial charge is 0.227 e. The van der Waals surface area contributed by atoms with Crippen molar-refractivity contribution in [2.75, 3.05) is 11.4 Å². The van der Waals surface area contributed by atoms with Gasteiger partial charge in [-0.1, -0.05) is 19.9 Å². The largest absolute Gasteiger partial charge is 0.508 e. The summed E-state index contributed by atoms with van der Waals surface area (Å²) < 4.78 is 1.84. The molecule has 7 nitrogen and oxygen atoms in total. The number of phenols is 1. The van der Waals surface area contributed by atoms with Crippen molar-refractivity contribution in [1.82, 2.24) is 19.7 Å². The monoisotopic (exact) mass is 377 g/mol. The zero-order valence-electron chi connectivity index (χ0n) is 16.2. The minimum atomic E-state index is -0.0803. The molecule has 144 valence electrons. The van der Waals surface area contributed by atoms with Gasteiger partial charge in [-0.25, -0.2) is 9.67 Å². The molecule has 28 heavy (non-hydrogen) atoms. The van der Waals surface area contributed by atoms with Gasteiger partial charge in [0.2, 0.25) is 5.91 Å². The van der Waals surface area contributed by atoms with Crippen molar-refractivity contribution in [2.45, 2.75) is 39.0 Å². The summed E-state index contributed by atoms with van der Waals surface area (Å²) in [5.74, 6) is 1.80. The van der Waals surface area contributed by atoms with Gasteiger partial charge in [0.25, 0.3) is 0 Å². The van der Waals surface area contributed by atoms with Crippen molar-refractivity contribution < 1.29 is 9.90 Å². The summed E-state index contributed by atoms with van der Waals surface area (Å²) >= 11 is 0. The van der Waals surface area contributed by atoms with E-state index in [0.717, 1.165) is 23.0 Å². The zero-order valence-corrected chi connectivity index (χ0v) is 16.2. The molecule has 1 aliphatic heterocycles. The number of aryl methyl sites for hydroxylation is 1. The third kappa shape index (κ3) is 3.35. The minimum absolute atomic E-state index is 0.0159. The molecule has 3 heterocycles. The van der Waals surface area contributed by atoms with Gasteiger partial charge in [0.05, 0.1) is 5.69 Å². The van der Waals surface area contributed by atoms with Crippen LogP contribution in [0.2, 0.25) is 0 Å². The van der Waals surface area contributed by atoms with Crippen LogP contribution in [0.5, 0.6) is 5.75 Å². The van der Waals surface area contributed by atoms with Gasteiger partial charge in [-0.15, -0.1) is 0 Å². The van der Waals surface area contributed by atoms with Crippen LogP contribution < -0.4 is 4.90 Å². The van der Waals surface area contributed by atoms with E-state index in [4.69, 9.17) is 10.1 Å². The van der Waals surface area contributed by atoms with Crippen LogP contribution in [0.1, 0.15) is 49.4 Å². The zero-order chi connectivity index (χ0) is 19.8. The Bertz CT molecular complexity index is 1030. The predicted octanol–water partition coefficient (Wildman–Crippen LogP) is 3.32. The van der Waals surface area contributed by atoms with Crippen LogP contribution in [0, 0.1) is 6.92 Å². The second kappa shape index (κ2) is 7.07. The third-order valence-electron chi connectivity index (χ3n) is 4.92. The van der Waals surface area contributed by atoms with Crippen molar-refractivity contribution in [3.8, 4) is 11.4 Å². The Morgan fingerprint density at radius 2 is 2.00 bits per heavy atom. The lowest BCUT2D eigenvalue weighted by Crippen LogP contribution is -2.24. The Balaban J connectivity index is 1.72. The molecule has 1 fully saturated rings. The van der Waals surface area contributed by atoms with Crippen LogP contribution in [0.25, 0.3) is 5.69 Å². The average molecular weight is 377 g/mol. The van der Waals surface area contributed by atoms with Crippen molar-refractivity contribution in [2.24, 2.45) is 0 Å². The van der Waals surface area contributed by atoms with E-state index in [0.29, 0.717) is 18.7 Å². The lowest BCUT2D eigenvalue weighted by Gasteiger charge is -2.17. The van der Waals surface area contributed by atoms with Crippen molar-refractivity contribution in [1.29, 1.82) is 0 Å². The molecule has 4 rings (SSSR count). The number of hydrogen-bond donors (Lipinski definition) is 1. The first kappa shape index (κ1) is 18.2. The van der Waals surface area contributed by atoms with Gasteiger partial charge in [0, 0.05) is 48.4 Å². The highest BCUT2D eigenvalue weighted by atomic mass is 16.3. The maximum Gasteiger partial charge on any atom is 0.227 e. The molecular weight excluding hydrogens is 354 g/mol. The highest BCUT2D eigenvalue weighted by molar-refractivity contribution is 5.96. The second-order valence-corrected chi connectivity index (χ2v) is 7.48. The standard InChI is InChI=1S/C21H23N5O2/c1-13(2)20-23-21(26(24-20)17-7-8-22-14(3)9-17)15-10-19(28)25(12-15)16-5-4-6-18(27)11-16/h4-9,11,13,15,27H,10,12H2,1-3H3. The number of carbonyl (C=O) groups is 1. The molecule has 3 aromatic rings. The summed E-state index contributed by atoms with van der Waals surface area (Å²) in [6, 6.07) is 10.6. The molecule has 1 aliphatic rings. The number of aromatic nitrogens is 4. The third-order valence-corrected chi connectivity index (χ3v) is 4.92. The molecular formula is C21H23N5O2. The number of aromatic hydroxyl groups is 1. The van der Waals surface area contributed by atoms with E-state index in [1.807, 2.05) is 29.8 Å². The molecule has 7 heteroatoms. The molecule has 2 aromatic heterocycles. The molecule has 0 saturated carbocycles. The number of rotatable bonds is 4. The van der Waals surface area contributed by atoms with Gasteiger partial charge in [-0.3, -0.25) is 9.78 Å². The number of pyridine rings is 1. The summed E-state index contributed by atoms with van der Waals surface area (Å²) in [6.07, 6.45) is 2.11. The molecule has 1 atom stereocenters. The Labute approximate surface area is 163 Å². The normalized spacial score (nSPS) is 16.9. The van der Waals surface area contributed by atoms with E-state index in [1.54, 1.807) is 29.3 Å². The maximum atomic E-state index is 12.7. The van der Waals surface area contributed by atoms with Crippen molar-refractivity contribution >= 4 is 11.6 Å². The topological polar surface area (TPSA) is 84.1 Å². The summed E-state index contributed by atoms with van der Waals surface area (Å²) in [7, 11) is 0. The number of hydrogen-bond acceptors (Lipinski definition) is 5. The van der Waals surface area contributed by atoms with E-state index in [1.165, 1.54) is 0 Å². The molecule has 0 bridgehead atoms. The fourth-order valence-electron chi connectivity index (χ4n) is 3.49. The fourth-order valence-corrected chi connectivity index (χ4v) is 3.49. The van der Waals surface area contributed by atoms with E-state index >= 15 is 0 Å². The molecule has 0 spiro atoms. The fraction of sp³-hybridized carbons (Fsp3) is 0.333. The first-order chi connectivity index (χ1) is 13.4. The number of benzene rings is 1. The predicted molar refractivity (Wildman–Crippen MR) is 106 cm³/mol.